The Hall–Kier alpha value is -3.44. The van der Waals surface area contributed by atoms with Crippen LogP contribution in [0.4, 0.5) is 0 Å². The molecule has 1 aliphatic rings. The van der Waals surface area contributed by atoms with Gasteiger partial charge >= 0.3 is 5.97 Å². The molecule has 0 atom stereocenters. The number of ether oxygens (including phenoxy) is 3. The van der Waals surface area contributed by atoms with Crippen LogP contribution in [-0.2, 0) is 19.7 Å². The van der Waals surface area contributed by atoms with Gasteiger partial charge in [-0.3, -0.25) is 9.78 Å². The van der Waals surface area contributed by atoms with Crippen molar-refractivity contribution in [2.45, 2.75) is 18.8 Å². The number of carbonyl (C=O) groups excluding carboxylic acids is 1. The van der Waals surface area contributed by atoms with Crippen molar-refractivity contribution in [3.8, 4) is 5.75 Å². The van der Waals surface area contributed by atoms with Gasteiger partial charge in [-0.15, -0.1) is 0 Å². The predicted octanol–water partition coefficient (Wildman–Crippen LogP) is 4.81. The van der Waals surface area contributed by atoms with E-state index in [2.05, 4.69) is 17.1 Å². The quantitative estimate of drug-likeness (QED) is 0.457. The van der Waals surface area contributed by atoms with Crippen LogP contribution in [0.25, 0.3) is 5.57 Å². The number of carbonyl (C=O) groups is 1. The largest absolute Gasteiger partial charge is 0.490 e. The Labute approximate surface area is 188 Å². The lowest BCUT2D eigenvalue weighted by molar-refractivity contribution is -0.151. The molecule has 164 valence electrons. The van der Waals surface area contributed by atoms with E-state index in [1.54, 1.807) is 6.20 Å². The predicted molar refractivity (Wildman–Crippen MR) is 123 cm³/mol. The van der Waals surface area contributed by atoms with Crippen LogP contribution in [0.2, 0.25) is 0 Å². The zero-order chi connectivity index (χ0) is 22.2. The Morgan fingerprint density at radius 2 is 1.78 bits per heavy atom. The van der Waals surface area contributed by atoms with E-state index >= 15 is 0 Å². The van der Waals surface area contributed by atoms with Gasteiger partial charge in [-0.05, 0) is 48.4 Å². The van der Waals surface area contributed by atoms with Gasteiger partial charge in [-0.25, -0.2) is 0 Å². The first-order chi connectivity index (χ1) is 15.7. The van der Waals surface area contributed by atoms with Crippen molar-refractivity contribution >= 4 is 11.5 Å². The lowest BCUT2D eigenvalue weighted by Gasteiger charge is -2.41. The summed E-state index contributed by atoms with van der Waals surface area (Å²) in [5.41, 5.74) is 3.80. The fourth-order valence-electron chi connectivity index (χ4n) is 3.84. The molecule has 0 saturated carbocycles. The van der Waals surface area contributed by atoms with E-state index < -0.39 is 0 Å². The maximum absolute atomic E-state index is 12.0. The van der Waals surface area contributed by atoms with Gasteiger partial charge in [0.2, 0.25) is 0 Å². The molecule has 5 nitrogen and oxygen atoms in total. The summed E-state index contributed by atoms with van der Waals surface area (Å²) in [5, 5.41) is 0. The van der Waals surface area contributed by atoms with Crippen molar-refractivity contribution in [1.29, 1.82) is 0 Å². The molecule has 0 radical (unpaired) electrons. The van der Waals surface area contributed by atoms with Gasteiger partial charge in [-0.1, -0.05) is 48.5 Å². The number of esters is 1. The molecule has 2 aromatic carbocycles. The van der Waals surface area contributed by atoms with Crippen LogP contribution in [0.1, 0.15) is 30.2 Å². The second-order valence-electron chi connectivity index (χ2n) is 7.79. The normalized spacial score (nSPS) is 15.0. The van der Waals surface area contributed by atoms with E-state index in [4.69, 9.17) is 14.2 Å². The third kappa shape index (κ3) is 5.06. The molecule has 2 heterocycles. The molecule has 0 unspecified atom stereocenters. The molecule has 0 spiro atoms. The van der Waals surface area contributed by atoms with E-state index in [1.807, 2.05) is 73.7 Å². The fraction of sp³-hybridized carbons (Fsp3) is 0.259. The van der Waals surface area contributed by atoms with E-state index in [-0.39, 0.29) is 11.4 Å². The molecule has 1 aliphatic heterocycles. The third-order valence-electron chi connectivity index (χ3n) is 5.57. The summed E-state index contributed by atoms with van der Waals surface area (Å²) in [6.45, 7) is 3.68. The molecule has 1 saturated heterocycles. The highest BCUT2D eigenvalue weighted by atomic mass is 16.5. The second kappa shape index (κ2) is 10.2. The monoisotopic (exact) mass is 429 g/mol. The highest BCUT2D eigenvalue weighted by Gasteiger charge is 2.42. The number of aromatic nitrogens is 1. The summed E-state index contributed by atoms with van der Waals surface area (Å²) in [6.07, 6.45) is 4.17. The minimum absolute atomic E-state index is 0.191. The van der Waals surface area contributed by atoms with Crippen LogP contribution in [0, 0.1) is 0 Å². The van der Waals surface area contributed by atoms with Crippen molar-refractivity contribution in [2.24, 2.45) is 0 Å². The summed E-state index contributed by atoms with van der Waals surface area (Å²) in [4.78, 5) is 16.5. The van der Waals surface area contributed by atoms with Gasteiger partial charge in [0.25, 0.3) is 0 Å². The summed E-state index contributed by atoms with van der Waals surface area (Å²) in [5.74, 6) is 0.578. The standard InChI is InChI=1S/C27H27NO4/c1-2-31-26(29)18-27(19-30-20-27)22-11-13-23(14-12-22)32-17-15-24(21-8-4-3-5-9-21)25-10-6-7-16-28-25/h3-16H,2,17-20H2,1H3. The lowest BCUT2D eigenvalue weighted by atomic mass is 9.76. The first-order valence-electron chi connectivity index (χ1n) is 10.8. The molecule has 0 aliphatic carbocycles. The van der Waals surface area contributed by atoms with Gasteiger partial charge < -0.3 is 14.2 Å². The maximum atomic E-state index is 12.0. The molecular weight excluding hydrogens is 402 g/mol. The van der Waals surface area contributed by atoms with Gasteiger partial charge in [0, 0.05) is 11.8 Å². The van der Waals surface area contributed by atoms with Crippen LogP contribution < -0.4 is 4.74 Å². The molecule has 4 rings (SSSR count). The number of rotatable bonds is 9. The van der Waals surface area contributed by atoms with Crippen LogP contribution >= 0.6 is 0 Å². The Morgan fingerprint density at radius 3 is 2.41 bits per heavy atom. The summed E-state index contributed by atoms with van der Waals surface area (Å²) in [7, 11) is 0. The Morgan fingerprint density at radius 1 is 1.03 bits per heavy atom. The van der Waals surface area contributed by atoms with Crippen LogP contribution in [-0.4, -0.2) is 37.4 Å². The molecule has 0 amide bonds. The lowest BCUT2D eigenvalue weighted by Crippen LogP contribution is -2.48. The van der Waals surface area contributed by atoms with Crippen LogP contribution in [0.3, 0.4) is 0 Å². The first kappa shape index (κ1) is 21.8. The van der Waals surface area contributed by atoms with Crippen molar-refractivity contribution in [1.82, 2.24) is 4.98 Å². The van der Waals surface area contributed by atoms with E-state index in [9.17, 15) is 4.79 Å². The number of hydrogen-bond donors (Lipinski definition) is 0. The van der Waals surface area contributed by atoms with Gasteiger partial charge in [-0.2, -0.15) is 0 Å². The average Bonchev–Trinajstić information content (AvgIpc) is 2.81. The molecule has 32 heavy (non-hydrogen) atoms. The fourth-order valence-corrected chi connectivity index (χ4v) is 3.84. The number of pyridine rings is 1. The summed E-state index contributed by atoms with van der Waals surface area (Å²) in [6, 6.07) is 24.0. The molecule has 1 aromatic heterocycles. The zero-order valence-electron chi connectivity index (χ0n) is 18.2. The second-order valence-corrected chi connectivity index (χ2v) is 7.79. The van der Waals surface area contributed by atoms with Gasteiger partial charge in [0.1, 0.15) is 12.4 Å². The SMILES string of the molecule is CCOC(=O)CC1(c2ccc(OCC=C(c3ccccc3)c3ccccn3)cc2)COC1. The average molecular weight is 430 g/mol. The molecular formula is C27H27NO4. The highest BCUT2D eigenvalue weighted by molar-refractivity contribution is 5.77. The molecule has 3 aromatic rings. The molecule has 0 N–H and O–H groups in total. The molecule has 5 heteroatoms. The summed E-state index contributed by atoms with van der Waals surface area (Å²) >= 11 is 0. The minimum Gasteiger partial charge on any atom is -0.490 e. The minimum atomic E-state index is -0.301. The topological polar surface area (TPSA) is 57.7 Å². The van der Waals surface area contributed by atoms with Crippen LogP contribution in [0.15, 0.2) is 85.1 Å². The van der Waals surface area contributed by atoms with Crippen molar-refractivity contribution < 1.29 is 19.0 Å². The number of hydrogen-bond acceptors (Lipinski definition) is 5. The Balaban J connectivity index is 1.45. The zero-order valence-corrected chi connectivity index (χ0v) is 18.2. The first-order valence-corrected chi connectivity index (χ1v) is 10.8. The van der Waals surface area contributed by atoms with Crippen molar-refractivity contribution in [3.05, 3.63) is 102 Å². The summed E-state index contributed by atoms with van der Waals surface area (Å²) < 4.78 is 16.6. The highest BCUT2D eigenvalue weighted by Crippen LogP contribution is 2.37. The van der Waals surface area contributed by atoms with Crippen LogP contribution in [0.5, 0.6) is 5.75 Å². The van der Waals surface area contributed by atoms with E-state index in [0.717, 1.165) is 28.1 Å². The Kier molecular flexibility index (Phi) is 6.97. The van der Waals surface area contributed by atoms with Gasteiger partial charge in [0.15, 0.2) is 0 Å². The van der Waals surface area contributed by atoms with Crippen molar-refractivity contribution in [2.75, 3.05) is 26.4 Å². The number of nitrogens with zero attached hydrogens (tertiary/aromatic N) is 1. The molecule has 1 fully saturated rings. The smallest absolute Gasteiger partial charge is 0.306 e. The van der Waals surface area contributed by atoms with Crippen molar-refractivity contribution in [3.63, 3.8) is 0 Å². The Bertz CT molecular complexity index is 1000. The third-order valence-corrected chi connectivity index (χ3v) is 5.57. The molecule has 0 bridgehead atoms. The van der Waals surface area contributed by atoms with E-state index in [0.29, 0.717) is 32.8 Å². The van der Waals surface area contributed by atoms with Gasteiger partial charge in [0.05, 0.1) is 37.4 Å². The number of benzene rings is 2. The maximum Gasteiger partial charge on any atom is 0.306 e. The van der Waals surface area contributed by atoms with E-state index in [1.165, 1.54) is 0 Å².